The highest BCUT2D eigenvalue weighted by Crippen LogP contribution is 2.41. The van der Waals surface area contributed by atoms with Crippen molar-refractivity contribution < 1.29 is 18.6 Å². The molecule has 0 aliphatic carbocycles. The van der Waals surface area contributed by atoms with E-state index in [4.69, 9.17) is 20.6 Å². The van der Waals surface area contributed by atoms with Gasteiger partial charge in [-0.3, -0.25) is 0 Å². The number of pyridine rings is 1. The average Bonchev–Trinajstić information content (AvgIpc) is 3.13. The van der Waals surface area contributed by atoms with Gasteiger partial charge in [-0.25, -0.2) is 4.85 Å². The molecule has 28 heavy (non-hydrogen) atoms. The lowest BCUT2D eigenvalue weighted by atomic mass is 9.95. The van der Waals surface area contributed by atoms with Crippen molar-refractivity contribution in [2.24, 2.45) is 7.05 Å². The van der Waals surface area contributed by atoms with Gasteiger partial charge < -0.3 is 4.42 Å². The summed E-state index contributed by atoms with van der Waals surface area (Å²) in [6.45, 7) is 7.69. The van der Waals surface area contributed by atoms with Gasteiger partial charge in [0.2, 0.25) is 11.4 Å². The second kappa shape index (κ2) is 6.49. The second-order valence-electron chi connectivity index (χ2n) is 7.14. The Bertz CT molecular complexity index is 1540. The number of furan rings is 1. The number of rotatable bonds is 2. The summed E-state index contributed by atoms with van der Waals surface area (Å²) in [4.78, 5) is 3.53. The summed E-state index contributed by atoms with van der Waals surface area (Å²) in [5.74, 6) is -1.85. The van der Waals surface area contributed by atoms with Crippen molar-refractivity contribution in [2.75, 3.05) is 0 Å². The monoisotopic (exact) mass is 376 g/mol. The van der Waals surface area contributed by atoms with Gasteiger partial charge in [-0.05, 0) is 36.4 Å². The molecule has 2 aromatic heterocycles. The smallest absolute Gasteiger partial charge is 0.229 e. The lowest BCUT2D eigenvalue weighted by Crippen LogP contribution is -2.35. The molecule has 3 heteroatoms. The Balaban J connectivity index is 2.16. The van der Waals surface area contributed by atoms with E-state index in [-0.39, 0.29) is 16.8 Å². The van der Waals surface area contributed by atoms with Gasteiger partial charge in [-0.15, -0.1) is 0 Å². The Morgan fingerprint density at radius 2 is 1.93 bits per heavy atom. The van der Waals surface area contributed by atoms with Crippen molar-refractivity contribution in [3.8, 4) is 11.3 Å². The molecule has 0 aliphatic heterocycles. The van der Waals surface area contributed by atoms with Gasteiger partial charge in [0, 0.05) is 39.4 Å². The molecular formula is C25H25N2O+. The highest BCUT2D eigenvalue weighted by molar-refractivity contribution is 6.14. The third-order valence-electron chi connectivity index (χ3n) is 5.33. The third-order valence-corrected chi connectivity index (χ3v) is 5.33. The Kier molecular flexibility index (Phi) is 2.70. The van der Waals surface area contributed by atoms with Gasteiger partial charge in [-0.1, -0.05) is 38.0 Å². The minimum absolute atomic E-state index is 0.101. The molecule has 4 rings (SSSR count). The van der Waals surface area contributed by atoms with Crippen molar-refractivity contribution in [3.05, 3.63) is 70.2 Å². The van der Waals surface area contributed by atoms with Crippen molar-refractivity contribution in [1.29, 1.82) is 0 Å². The van der Waals surface area contributed by atoms with E-state index in [1.807, 2.05) is 31.5 Å². The van der Waals surface area contributed by atoms with Crippen LogP contribution in [0.15, 0.2) is 40.8 Å². The van der Waals surface area contributed by atoms with E-state index >= 15 is 0 Å². The number of nitrogens with zero attached hydrogens (tertiary/aromatic N) is 2. The number of aromatic nitrogens is 1. The Morgan fingerprint density at radius 3 is 2.64 bits per heavy atom. The van der Waals surface area contributed by atoms with E-state index < -0.39 is 19.6 Å². The lowest BCUT2D eigenvalue weighted by Gasteiger charge is -2.11. The van der Waals surface area contributed by atoms with Gasteiger partial charge in [0.25, 0.3) is 0 Å². The highest BCUT2D eigenvalue weighted by Gasteiger charge is 2.24. The van der Waals surface area contributed by atoms with E-state index in [9.17, 15) is 0 Å². The predicted octanol–water partition coefficient (Wildman–Crippen LogP) is 6.68. The fourth-order valence-corrected chi connectivity index (χ4v) is 3.69. The predicted molar refractivity (Wildman–Crippen MR) is 115 cm³/mol. The van der Waals surface area contributed by atoms with Gasteiger partial charge >= 0.3 is 0 Å². The van der Waals surface area contributed by atoms with Crippen LogP contribution in [0.25, 0.3) is 38.0 Å². The van der Waals surface area contributed by atoms with E-state index in [0.29, 0.717) is 33.2 Å². The fraction of sp³-hybridized carbons (Fsp3) is 0.280. The van der Waals surface area contributed by atoms with E-state index in [2.05, 4.69) is 4.85 Å². The first-order chi connectivity index (χ1) is 16.1. The van der Waals surface area contributed by atoms with Crippen LogP contribution in [0.4, 0.5) is 5.69 Å². The molecular weight excluding hydrogens is 344 g/mol. The molecule has 0 spiro atoms. The molecule has 1 atom stereocenters. The number of aryl methyl sites for hydroxylation is 3. The zero-order valence-electron chi connectivity index (χ0n) is 23.3. The molecule has 0 saturated heterocycles. The maximum atomic E-state index is 8.61. The first kappa shape index (κ1) is 11.7. The standard InChI is InChI=1S/C25H25N2O/c1-14(2)18-12-17(5)27(7)21(13-18)23-16(4)8-10-19-22-15(3)9-11-20(26-6)25(22)28-24(19)23/h8-14H,1-5,7H3/q+1/i1D3,3D3,14D. The second-order valence-corrected chi connectivity index (χ2v) is 7.14. The molecule has 0 bridgehead atoms. The molecule has 0 amide bonds. The van der Waals surface area contributed by atoms with Crippen molar-refractivity contribution >= 4 is 27.6 Å². The summed E-state index contributed by atoms with van der Waals surface area (Å²) in [5, 5.41) is 0.933. The Morgan fingerprint density at radius 1 is 1.14 bits per heavy atom. The number of hydrogen-bond acceptors (Lipinski definition) is 1. The number of hydrogen-bond donors (Lipinski definition) is 0. The van der Waals surface area contributed by atoms with Crippen LogP contribution in [-0.4, -0.2) is 0 Å². The zero-order chi connectivity index (χ0) is 26.1. The van der Waals surface area contributed by atoms with Crippen molar-refractivity contribution in [3.63, 3.8) is 0 Å². The van der Waals surface area contributed by atoms with Crippen LogP contribution in [0.3, 0.4) is 0 Å². The normalized spacial score (nSPS) is 18.2. The summed E-state index contributed by atoms with van der Waals surface area (Å²) < 4.78 is 64.4. The first-order valence-corrected chi connectivity index (χ1v) is 8.98. The van der Waals surface area contributed by atoms with E-state index in [1.54, 1.807) is 18.2 Å². The number of benzene rings is 2. The van der Waals surface area contributed by atoms with E-state index in [1.165, 1.54) is 19.1 Å². The van der Waals surface area contributed by atoms with Crippen LogP contribution < -0.4 is 4.57 Å². The average molecular weight is 377 g/mol. The number of fused-ring (bicyclic) bond motifs is 3. The van der Waals surface area contributed by atoms with Gasteiger partial charge in [0.15, 0.2) is 5.69 Å². The maximum absolute atomic E-state index is 8.61. The van der Waals surface area contributed by atoms with Gasteiger partial charge in [-0.2, -0.15) is 4.57 Å². The summed E-state index contributed by atoms with van der Waals surface area (Å²) >= 11 is 0. The third kappa shape index (κ3) is 2.60. The highest BCUT2D eigenvalue weighted by atomic mass is 16.3. The molecule has 3 nitrogen and oxygen atoms in total. The van der Waals surface area contributed by atoms with Crippen LogP contribution >= 0.6 is 0 Å². The quantitative estimate of drug-likeness (QED) is 0.282. The van der Waals surface area contributed by atoms with Crippen molar-refractivity contribution in [1.82, 2.24) is 0 Å². The molecule has 0 N–H and O–H groups in total. The van der Waals surface area contributed by atoms with Crippen LogP contribution in [0, 0.1) is 27.3 Å². The molecule has 0 radical (unpaired) electrons. The van der Waals surface area contributed by atoms with Crippen LogP contribution in [0.5, 0.6) is 0 Å². The molecule has 0 aliphatic rings. The zero-order valence-corrected chi connectivity index (χ0v) is 16.3. The van der Waals surface area contributed by atoms with Crippen LogP contribution in [0.1, 0.15) is 51.6 Å². The Labute approximate surface area is 175 Å². The SMILES string of the molecule is [2H]C([2H])([2H])c1ccc([N+]#[C-])c2oc3c(-c4cc(C([2H])(C)C([2H])([2H])[2H])cc(C)[n+]4C)c(C)ccc3c12. The molecule has 140 valence electrons. The molecule has 1 unspecified atom stereocenters. The van der Waals surface area contributed by atoms with Crippen LogP contribution in [0.2, 0.25) is 0 Å². The molecule has 0 saturated carbocycles. The first-order valence-electron chi connectivity index (χ1n) is 12.5. The lowest BCUT2D eigenvalue weighted by molar-refractivity contribution is -0.666. The van der Waals surface area contributed by atoms with Gasteiger partial charge in [0.05, 0.1) is 12.1 Å². The largest absolute Gasteiger partial charge is 0.466 e. The summed E-state index contributed by atoms with van der Waals surface area (Å²) in [6.07, 6.45) is 0. The summed E-state index contributed by atoms with van der Waals surface area (Å²) in [6, 6.07) is 9.92. The summed E-state index contributed by atoms with van der Waals surface area (Å²) in [5.41, 5.74) is 4.12. The van der Waals surface area contributed by atoms with Crippen molar-refractivity contribution in [2.45, 2.75) is 40.4 Å². The molecule has 2 aromatic carbocycles. The Hall–Kier alpha value is -3.12. The minimum atomic E-state index is -2.55. The fourth-order valence-electron chi connectivity index (χ4n) is 3.69. The topological polar surface area (TPSA) is 21.4 Å². The molecule has 4 aromatic rings. The minimum Gasteiger partial charge on any atom is -0.466 e. The molecule has 2 heterocycles. The van der Waals surface area contributed by atoms with Gasteiger partial charge in [0.1, 0.15) is 18.2 Å². The van der Waals surface area contributed by atoms with Crippen LogP contribution in [-0.2, 0) is 7.05 Å². The van der Waals surface area contributed by atoms with E-state index in [0.717, 1.165) is 11.3 Å². The summed E-state index contributed by atoms with van der Waals surface area (Å²) in [7, 11) is 1.84. The maximum Gasteiger partial charge on any atom is 0.229 e. The molecule has 0 fully saturated rings.